The molecule has 33 heavy (non-hydrogen) atoms. The second-order valence-electron chi connectivity index (χ2n) is 7.04. The monoisotopic (exact) mass is 501 g/mol. The summed E-state index contributed by atoms with van der Waals surface area (Å²) in [5.41, 5.74) is 0.874. The van der Waals surface area contributed by atoms with Gasteiger partial charge in [0.15, 0.2) is 0 Å². The van der Waals surface area contributed by atoms with Gasteiger partial charge in [0, 0.05) is 12.1 Å². The Hall–Kier alpha value is -3.31. The Morgan fingerprint density at radius 2 is 1.73 bits per heavy atom. The first-order chi connectivity index (χ1) is 15.6. The number of halogens is 3. The van der Waals surface area contributed by atoms with E-state index in [0.717, 1.165) is 9.58 Å². The number of hydrazone groups is 1. The van der Waals surface area contributed by atoms with E-state index < -0.39 is 17.3 Å². The zero-order valence-electron chi connectivity index (χ0n) is 17.7. The van der Waals surface area contributed by atoms with Crippen LogP contribution in [0.3, 0.4) is 0 Å². The Morgan fingerprint density at radius 3 is 2.33 bits per heavy atom. The van der Waals surface area contributed by atoms with E-state index in [1.54, 1.807) is 38.2 Å². The zero-order valence-corrected chi connectivity index (χ0v) is 20.0. The lowest BCUT2D eigenvalue weighted by molar-refractivity contribution is -0.279. The summed E-state index contributed by atoms with van der Waals surface area (Å²) >= 11 is 18.3. The Balaban J connectivity index is 1.86. The van der Waals surface area contributed by atoms with Gasteiger partial charge < -0.3 is 9.67 Å². The molecule has 0 saturated carbocycles. The topological polar surface area (TPSA) is 102 Å². The minimum absolute atomic E-state index is 0.0779. The van der Waals surface area contributed by atoms with E-state index in [1.165, 1.54) is 25.3 Å². The number of benzene rings is 1. The van der Waals surface area contributed by atoms with Crippen LogP contribution in [-0.4, -0.2) is 16.2 Å². The van der Waals surface area contributed by atoms with Gasteiger partial charge in [-0.3, -0.25) is 9.59 Å². The average molecular weight is 503 g/mol. The van der Waals surface area contributed by atoms with E-state index in [1.807, 2.05) is 6.07 Å². The highest BCUT2D eigenvalue weighted by molar-refractivity contribution is 6.43. The number of allylic oxidation sites excluding steroid dienone is 4. The number of rotatable bonds is 4. The van der Waals surface area contributed by atoms with Crippen molar-refractivity contribution in [2.75, 3.05) is 5.01 Å². The first-order valence-corrected chi connectivity index (χ1v) is 10.6. The van der Waals surface area contributed by atoms with E-state index >= 15 is 0 Å². The smallest absolute Gasteiger partial charge is 0.280 e. The normalized spacial score (nSPS) is 15.2. The SMILES string of the molecule is CC1=NN(c2c(Cl)cc(Cl)cc2Cl)C(=O)C1=CC=CC=Cc1c(C)c(C#N)c(=O)n(C)c1[O-]. The molecule has 0 aliphatic carbocycles. The molecular weight excluding hydrogens is 487 g/mol. The largest absolute Gasteiger partial charge is 0.860 e. The van der Waals surface area contributed by atoms with Crippen molar-refractivity contribution in [2.24, 2.45) is 12.1 Å². The fourth-order valence-electron chi connectivity index (χ4n) is 3.19. The summed E-state index contributed by atoms with van der Waals surface area (Å²) < 4.78 is 0.898. The molecule has 1 amide bonds. The van der Waals surface area contributed by atoms with Gasteiger partial charge in [0.05, 0.1) is 21.3 Å². The summed E-state index contributed by atoms with van der Waals surface area (Å²) in [6, 6.07) is 4.77. The van der Waals surface area contributed by atoms with Crippen molar-refractivity contribution in [3.05, 3.63) is 84.1 Å². The average Bonchev–Trinajstić information content (AvgIpc) is 3.01. The molecule has 3 rings (SSSR count). The highest BCUT2D eigenvalue weighted by Crippen LogP contribution is 2.39. The quantitative estimate of drug-likeness (QED) is 0.453. The molecule has 2 aromatic rings. The number of anilines is 1. The number of amides is 1. The maximum absolute atomic E-state index is 12.9. The van der Waals surface area contributed by atoms with Crippen molar-refractivity contribution >= 4 is 58.2 Å². The molecule has 1 aliphatic rings. The number of nitrogens with zero attached hydrogens (tertiary/aromatic N) is 4. The lowest BCUT2D eigenvalue weighted by Gasteiger charge is -2.18. The zero-order chi connectivity index (χ0) is 24.4. The first kappa shape index (κ1) is 24.3. The molecule has 0 radical (unpaired) electrons. The molecule has 0 fully saturated rings. The molecule has 0 saturated heterocycles. The summed E-state index contributed by atoms with van der Waals surface area (Å²) in [4.78, 5) is 24.8. The van der Waals surface area contributed by atoms with Gasteiger partial charge in [-0.1, -0.05) is 59.1 Å². The van der Waals surface area contributed by atoms with Crippen LogP contribution in [0.1, 0.15) is 23.6 Å². The van der Waals surface area contributed by atoms with Crippen LogP contribution in [0.15, 0.2) is 51.9 Å². The van der Waals surface area contributed by atoms with E-state index in [9.17, 15) is 20.0 Å². The van der Waals surface area contributed by atoms with Crippen LogP contribution in [0, 0.1) is 18.3 Å². The maximum atomic E-state index is 12.9. The Bertz CT molecular complexity index is 1370. The molecule has 10 heteroatoms. The molecule has 1 aromatic heterocycles. The summed E-state index contributed by atoms with van der Waals surface area (Å²) in [5, 5.41) is 27.6. The van der Waals surface area contributed by atoms with Gasteiger partial charge in [0.25, 0.3) is 11.5 Å². The Kier molecular flexibility index (Phi) is 7.13. The van der Waals surface area contributed by atoms with Crippen LogP contribution in [0.2, 0.25) is 15.1 Å². The summed E-state index contributed by atoms with van der Waals surface area (Å²) in [7, 11) is 1.32. The highest BCUT2D eigenvalue weighted by Gasteiger charge is 2.31. The number of nitriles is 1. The van der Waals surface area contributed by atoms with Crippen molar-refractivity contribution in [2.45, 2.75) is 13.8 Å². The van der Waals surface area contributed by atoms with Gasteiger partial charge in [-0.05, 0) is 49.1 Å². The van der Waals surface area contributed by atoms with Gasteiger partial charge >= 0.3 is 0 Å². The molecule has 7 nitrogen and oxygen atoms in total. The van der Waals surface area contributed by atoms with Crippen molar-refractivity contribution < 1.29 is 9.90 Å². The third-order valence-corrected chi connectivity index (χ3v) is 5.74. The predicted molar refractivity (Wildman–Crippen MR) is 129 cm³/mol. The second-order valence-corrected chi connectivity index (χ2v) is 8.29. The van der Waals surface area contributed by atoms with Crippen LogP contribution < -0.4 is 15.7 Å². The second kappa shape index (κ2) is 9.67. The Morgan fingerprint density at radius 1 is 1.09 bits per heavy atom. The fourth-order valence-corrected chi connectivity index (χ4v) is 4.17. The molecule has 0 unspecified atom stereocenters. The van der Waals surface area contributed by atoms with Gasteiger partial charge in [-0.2, -0.15) is 15.4 Å². The molecule has 0 spiro atoms. The number of hydrogen-bond acceptors (Lipinski definition) is 5. The van der Waals surface area contributed by atoms with E-state index in [2.05, 4.69) is 5.10 Å². The molecule has 1 aromatic carbocycles. The first-order valence-electron chi connectivity index (χ1n) is 9.48. The van der Waals surface area contributed by atoms with Crippen molar-refractivity contribution in [3.63, 3.8) is 0 Å². The summed E-state index contributed by atoms with van der Waals surface area (Å²) in [6.07, 6.45) is 7.85. The number of hydrogen-bond donors (Lipinski definition) is 0. The lowest BCUT2D eigenvalue weighted by atomic mass is 10.0. The van der Waals surface area contributed by atoms with Crippen LogP contribution in [0.25, 0.3) is 6.08 Å². The van der Waals surface area contributed by atoms with Gasteiger partial charge in [0.1, 0.15) is 17.3 Å². The molecule has 168 valence electrons. The molecule has 0 N–H and O–H groups in total. The molecule has 0 atom stereocenters. The fraction of sp³-hybridized carbons (Fsp3) is 0.130. The van der Waals surface area contributed by atoms with Crippen LogP contribution in [-0.2, 0) is 11.8 Å². The van der Waals surface area contributed by atoms with E-state index in [0.29, 0.717) is 21.9 Å². The van der Waals surface area contributed by atoms with Crippen molar-refractivity contribution in [3.8, 4) is 11.9 Å². The number of carbonyl (C=O) groups excluding carboxylic acids is 1. The number of aromatic nitrogens is 1. The third kappa shape index (κ3) is 4.60. The minimum atomic E-state index is -0.627. The van der Waals surface area contributed by atoms with Gasteiger partial charge in [0.2, 0.25) is 0 Å². The van der Waals surface area contributed by atoms with Crippen molar-refractivity contribution in [1.29, 1.82) is 5.26 Å². The minimum Gasteiger partial charge on any atom is -0.860 e. The van der Waals surface area contributed by atoms with Crippen LogP contribution in [0.5, 0.6) is 5.88 Å². The van der Waals surface area contributed by atoms with Gasteiger partial charge in [-0.15, -0.1) is 0 Å². The lowest BCUT2D eigenvalue weighted by Crippen LogP contribution is -2.25. The summed E-state index contributed by atoms with van der Waals surface area (Å²) in [5.74, 6) is -0.914. The van der Waals surface area contributed by atoms with Crippen molar-refractivity contribution in [1.82, 2.24) is 4.57 Å². The standard InChI is InChI=1S/C23H17Cl3N4O3/c1-12-15(21(31)29(3)22(32)17(12)11-27)7-5-4-6-8-16-13(2)28-30(23(16)33)20-18(25)9-14(24)10-19(20)26/h4-10,31H,1-3H3/p-1. The summed E-state index contributed by atoms with van der Waals surface area (Å²) in [6.45, 7) is 3.22. The maximum Gasteiger partial charge on any atom is 0.280 e. The molecular formula is C23H16Cl3N4O3-. The number of carbonyl (C=O) groups is 1. The Labute approximate surface area is 204 Å². The molecule has 1 aliphatic heterocycles. The predicted octanol–water partition coefficient (Wildman–Crippen LogP) is 4.52. The molecule has 0 bridgehead atoms. The molecule has 2 heterocycles. The van der Waals surface area contributed by atoms with Crippen LogP contribution in [0.4, 0.5) is 5.69 Å². The van der Waals surface area contributed by atoms with Crippen LogP contribution >= 0.6 is 34.8 Å². The number of pyridine rings is 1. The third-order valence-electron chi connectivity index (χ3n) is 4.95. The highest BCUT2D eigenvalue weighted by atomic mass is 35.5. The van der Waals surface area contributed by atoms with E-state index in [4.69, 9.17) is 34.8 Å². The van der Waals surface area contributed by atoms with E-state index in [-0.39, 0.29) is 26.9 Å². The van der Waals surface area contributed by atoms with Gasteiger partial charge in [-0.25, -0.2) is 0 Å².